The number of likely N-dealkylation sites (N-methyl/N-ethyl adjacent to an activating group) is 2. The molecular weight excluding hydrogens is 1110 g/mol. The van der Waals surface area contributed by atoms with Crippen LogP contribution in [0.3, 0.4) is 0 Å². The Balaban J connectivity index is 0.000000221. The van der Waals surface area contributed by atoms with E-state index in [4.69, 9.17) is 51.6 Å². The number of nitrogens with zero attached hydrogens (tertiary/aromatic N) is 6. The van der Waals surface area contributed by atoms with Crippen LogP contribution in [0.25, 0.3) is 0 Å². The van der Waals surface area contributed by atoms with E-state index in [1.54, 1.807) is 47.2 Å². The number of hydrogen-bond donors (Lipinski definition) is 0. The van der Waals surface area contributed by atoms with Crippen molar-refractivity contribution in [3.63, 3.8) is 0 Å². The highest BCUT2D eigenvalue weighted by Crippen LogP contribution is 2.41. The minimum Gasteiger partial charge on any atom is -0.497 e. The molecule has 0 radical (unpaired) electrons. The van der Waals surface area contributed by atoms with E-state index >= 15 is 4.39 Å². The van der Waals surface area contributed by atoms with E-state index in [0.29, 0.717) is 34.1 Å². The Hall–Kier alpha value is -5.20. The molecule has 2 aromatic heterocycles. The van der Waals surface area contributed by atoms with Gasteiger partial charge in [-0.25, -0.2) is 44.2 Å². The van der Waals surface area contributed by atoms with Crippen molar-refractivity contribution in [1.82, 2.24) is 19.8 Å². The van der Waals surface area contributed by atoms with E-state index in [2.05, 4.69) is 19.8 Å². The van der Waals surface area contributed by atoms with Gasteiger partial charge in [-0.05, 0) is 103 Å². The maximum absolute atomic E-state index is 15.5. The predicted molar refractivity (Wildman–Crippen MR) is 294 cm³/mol. The van der Waals surface area contributed by atoms with Gasteiger partial charge < -0.3 is 38.2 Å². The number of sulfonamides is 2. The number of methoxy groups -OCH3 is 4. The number of hydrogen-bond acceptors (Lipinski definition) is 16. The van der Waals surface area contributed by atoms with Crippen LogP contribution in [0.5, 0.6) is 34.5 Å². The summed E-state index contributed by atoms with van der Waals surface area (Å²) in [6.45, 7) is -0.244. The van der Waals surface area contributed by atoms with Crippen LogP contribution in [0.15, 0.2) is 93.6 Å². The zero-order valence-electron chi connectivity index (χ0n) is 43.4. The summed E-state index contributed by atoms with van der Waals surface area (Å²) in [7, 11) is 5.18. The Labute approximate surface area is 462 Å². The highest BCUT2D eigenvalue weighted by atomic mass is 35.5. The fraction of sp³-hybridized carbons (Fsp3) is 0.423. The molecule has 0 N–H and O–H groups in total. The van der Waals surface area contributed by atoms with E-state index in [9.17, 15) is 21.2 Å². The summed E-state index contributed by atoms with van der Waals surface area (Å²) in [5, 5.41) is 3.45. The molecule has 6 aromatic rings. The van der Waals surface area contributed by atoms with Crippen LogP contribution in [0.4, 0.5) is 19.0 Å². The van der Waals surface area contributed by atoms with Gasteiger partial charge in [0.05, 0.1) is 51.6 Å². The Morgan fingerprint density at radius 2 is 0.987 bits per heavy atom. The Morgan fingerprint density at radius 3 is 1.42 bits per heavy atom. The van der Waals surface area contributed by atoms with Crippen molar-refractivity contribution in [2.24, 2.45) is 0 Å². The summed E-state index contributed by atoms with van der Waals surface area (Å²) in [5.41, 5.74) is 1.13. The van der Waals surface area contributed by atoms with Crippen LogP contribution in [0, 0.1) is 11.6 Å². The standard InChI is InChI=1S/2C26H31ClFN3O5S2/c1-30(2)21-7-5-6-8-22(21)36-24-15-20(28)25(14-19(24)27)38(32,33)31(26-29-11-12-37-26)16-17-9-10-18(34-3)13-23(17)35-4;1-30(2)21-7-5-6-8-22(21)36-24-15-20(28)19(27)14-25(24)38(32,33)31(26-29-11-12-37-26)16-17-9-10-18(34-3)13-23(17)35-4/h2*9-15,21-22H,5-8,16H2,1-4H3/t2*21-,22?/m00/s1. The number of benzene rings is 4. The monoisotopic (exact) mass is 1170 g/mol. The molecule has 0 bridgehead atoms. The number of ether oxygens (including phenoxy) is 6. The smallest absolute Gasteiger partial charge is 0.270 e. The fourth-order valence-corrected chi connectivity index (χ4v) is 14.5. The number of rotatable bonds is 20. The Morgan fingerprint density at radius 1 is 0.553 bits per heavy atom. The zero-order chi connectivity index (χ0) is 54.9. The third-order valence-corrected chi connectivity index (χ3v) is 19.1. The Bertz CT molecular complexity index is 3120. The molecule has 0 saturated heterocycles. The second-order valence-corrected chi connectivity index (χ2v) is 24.6. The van der Waals surface area contributed by atoms with E-state index in [1.807, 2.05) is 28.2 Å². The van der Waals surface area contributed by atoms with E-state index in [0.717, 1.165) is 107 Å². The first-order valence-electron chi connectivity index (χ1n) is 24.2. The molecule has 4 aromatic carbocycles. The second-order valence-electron chi connectivity index (χ2n) is 18.4. The summed E-state index contributed by atoms with van der Waals surface area (Å²) >= 11 is 14.9. The van der Waals surface area contributed by atoms with Gasteiger partial charge in [0.1, 0.15) is 68.1 Å². The van der Waals surface area contributed by atoms with Crippen LogP contribution in [0.2, 0.25) is 10.0 Å². The molecule has 0 aliphatic heterocycles. The van der Waals surface area contributed by atoms with E-state index in [1.165, 1.54) is 40.8 Å². The summed E-state index contributed by atoms with van der Waals surface area (Å²) < 4.78 is 122. The zero-order valence-corrected chi connectivity index (χ0v) is 48.2. The third-order valence-electron chi connectivity index (χ3n) is 13.2. The molecular formula is C52H62Cl2F2N6O10S4. The lowest BCUT2D eigenvalue weighted by Crippen LogP contribution is -2.44. The maximum Gasteiger partial charge on any atom is 0.270 e. The summed E-state index contributed by atoms with van der Waals surface area (Å²) in [4.78, 5) is 11.8. The van der Waals surface area contributed by atoms with Crippen molar-refractivity contribution in [2.45, 2.75) is 98.5 Å². The van der Waals surface area contributed by atoms with Crippen molar-refractivity contribution >= 4 is 76.2 Å². The molecule has 2 aliphatic rings. The first kappa shape index (κ1) is 58.5. The van der Waals surface area contributed by atoms with Crippen LogP contribution < -0.4 is 37.0 Å². The normalized spacial score (nSPS) is 17.9. The van der Waals surface area contributed by atoms with Crippen LogP contribution in [-0.2, 0) is 33.1 Å². The van der Waals surface area contributed by atoms with Gasteiger partial charge in [0, 0.05) is 70.6 Å². The van der Waals surface area contributed by atoms with Gasteiger partial charge in [-0.1, -0.05) is 36.0 Å². The Kier molecular flexibility index (Phi) is 20.0. The highest BCUT2D eigenvalue weighted by Gasteiger charge is 2.37. The maximum atomic E-state index is 15.5. The average molecular weight is 1170 g/mol. The lowest BCUT2D eigenvalue weighted by atomic mass is 9.91. The number of thiazole rings is 2. The minimum absolute atomic E-state index is 0.0224. The van der Waals surface area contributed by atoms with Crippen molar-refractivity contribution in [1.29, 1.82) is 0 Å². The van der Waals surface area contributed by atoms with Crippen molar-refractivity contribution in [3.8, 4) is 34.5 Å². The van der Waals surface area contributed by atoms with Gasteiger partial charge in [0.25, 0.3) is 20.0 Å². The van der Waals surface area contributed by atoms with Crippen LogP contribution in [-0.4, -0.2) is 118 Å². The molecule has 16 nitrogen and oxygen atoms in total. The van der Waals surface area contributed by atoms with Crippen LogP contribution >= 0.6 is 45.9 Å². The molecule has 2 aliphatic carbocycles. The number of aromatic nitrogens is 2. The summed E-state index contributed by atoms with van der Waals surface area (Å²) in [5.74, 6) is 0.334. The van der Waals surface area contributed by atoms with Gasteiger partial charge in [0.15, 0.2) is 10.3 Å². The third kappa shape index (κ3) is 13.5. The first-order valence-corrected chi connectivity index (χ1v) is 29.6. The molecule has 24 heteroatoms. The molecule has 0 spiro atoms. The quantitative estimate of drug-likeness (QED) is 0.0709. The average Bonchev–Trinajstić information content (AvgIpc) is 4.16. The van der Waals surface area contributed by atoms with E-state index < -0.39 is 36.6 Å². The molecule has 2 saturated carbocycles. The van der Waals surface area contributed by atoms with Crippen molar-refractivity contribution in [3.05, 3.63) is 117 Å². The molecule has 0 amide bonds. The molecule has 2 unspecified atom stereocenters. The molecule has 76 heavy (non-hydrogen) atoms. The lowest BCUT2D eigenvalue weighted by Gasteiger charge is -2.36. The van der Waals surface area contributed by atoms with Crippen molar-refractivity contribution in [2.75, 3.05) is 65.2 Å². The molecule has 2 heterocycles. The van der Waals surface area contributed by atoms with E-state index in [-0.39, 0.29) is 74.1 Å². The van der Waals surface area contributed by atoms with Gasteiger partial charge in [-0.15, -0.1) is 22.7 Å². The molecule has 4 atom stereocenters. The van der Waals surface area contributed by atoms with Gasteiger partial charge >= 0.3 is 0 Å². The molecule has 412 valence electrons. The molecule has 8 rings (SSSR count). The lowest BCUT2D eigenvalue weighted by molar-refractivity contribution is 0.0598. The highest BCUT2D eigenvalue weighted by molar-refractivity contribution is 7.93. The largest absolute Gasteiger partial charge is 0.497 e. The summed E-state index contributed by atoms with van der Waals surface area (Å²) in [6, 6.07) is 14.7. The fourth-order valence-electron chi connectivity index (χ4n) is 9.24. The second kappa shape index (κ2) is 26.0. The van der Waals surface area contributed by atoms with Gasteiger partial charge in [0.2, 0.25) is 0 Å². The predicted octanol–water partition coefficient (Wildman–Crippen LogP) is 11.2. The van der Waals surface area contributed by atoms with Crippen molar-refractivity contribution < 1.29 is 54.0 Å². The number of anilines is 2. The SMILES string of the molecule is COc1ccc(CN(c2nccs2)S(=O)(=O)c2cc(Cl)c(F)cc2OC2CCCC[C@@H]2N(C)C)c(OC)c1.COc1ccc(CN(c2nccs2)S(=O)(=O)c2cc(Cl)c(OC3CCCC[C@@H]3N(C)C)cc2F)c(OC)c1. The minimum atomic E-state index is -4.42. The molecule has 2 fully saturated rings. The first-order chi connectivity index (χ1) is 36.3. The topological polar surface area (TPSA) is 162 Å². The number of halogens is 4. The van der Waals surface area contributed by atoms with Gasteiger partial charge in [-0.2, -0.15) is 0 Å². The summed E-state index contributed by atoms with van der Waals surface area (Å²) in [6.07, 6.45) is 10.0. The van der Waals surface area contributed by atoms with Gasteiger partial charge in [-0.3, -0.25) is 0 Å². The van der Waals surface area contributed by atoms with Crippen LogP contribution in [0.1, 0.15) is 62.5 Å².